The molecule has 2 N–H and O–H groups in total. The van der Waals surface area contributed by atoms with E-state index in [0.717, 1.165) is 48.1 Å². The molecule has 2 aromatic heterocycles. The highest BCUT2D eigenvalue weighted by Gasteiger charge is 2.39. The first-order valence-electron chi connectivity index (χ1n) is 20.1. The van der Waals surface area contributed by atoms with Crippen LogP contribution in [0.5, 0.6) is 0 Å². The van der Waals surface area contributed by atoms with Crippen molar-refractivity contribution < 1.29 is 33.8 Å². The second kappa shape index (κ2) is 17.7. The molecule has 5 heterocycles. The smallest absolute Gasteiger partial charge is 0.407 e. The highest BCUT2D eigenvalue weighted by atomic mass is 28.3. The third kappa shape index (κ3) is 9.46. The van der Waals surface area contributed by atoms with Gasteiger partial charge in [0.05, 0.1) is 31.1 Å². The maximum Gasteiger partial charge on any atom is 0.407 e. The van der Waals surface area contributed by atoms with Gasteiger partial charge in [-0.05, 0) is 55.3 Å². The molecular formula is C40H59N9O7Si. The second-order valence-electron chi connectivity index (χ2n) is 16.9. The molecule has 3 atom stereocenters. The monoisotopic (exact) mass is 805 g/mol. The van der Waals surface area contributed by atoms with Gasteiger partial charge in [-0.3, -0.25) is 14.5 Å². The van der Waals surface area contributed by atoms with Crippen LogP contribution in [0, 0.1) is 5.92 Å². The highest BCUT2D eigenvalue weighted by molar-refractivity contribution is 6.76. The van der Waals surface area contributed by atoms with Gasteiger partial charge in [0.2, 0.25) is 5.91 Å². The maximum absolute atomic E-state index is 13.8. The van der Waals surface area contributed by atoms with Crippen LogP contribution in [0.1, 0.15) is 73.8 Å². The number of rotatable bonds is 13. The van der Waals surface area contributed by atoms with Crippen LogP contribution in [0.15, 0.2) is 36.7 Å². The molecule has 3 aliphatic rings. The average Bonchev–Trinajstić information content (AvgIpc) is 4.01. The van der Waals surface area contributed by atoms with Crippen molar-refractivity contribution in [2.24, 2.45) is 13.0 Å². The number of likely N-dealkylation sites (tertiary alicyclic amines) is 2. The third-order valence-electron chi connectivity index (χ3n) is 11.4. The van der Waals surface area contributed by atoms with Crippen LogP contribution in [-0.2, 0) is 28.0 Å². The molecule has 57 heavy (non-hydrogen) atoms. The van der Waals surface area contributed by atoms with Gasteiger partial charge >= 0.3 is 12.2 Å². The molecule has 0 aliphatic carbocycles. The number of hydrogen-bond donors (Lipinski definition) is 2. The largest absolute Gasteiger partial charge is 0.465 e. The highest BCUT2D eigenvalue weighted by Crippen LogP contribution is 2.35. The molecule has 0 saturated carbocycles. The third-order valence-corrected chi connectivity index (χ3v) is 13.1. The summed E-state index contributed by atoms with van der Waals surface area (Å²) in [6.07, 6.45) is 5.00. The molecule has 0 radical (unpaired) electrons. The fraction of sp³-hybridized carbons (Fsp3) is 0.600. The summed E-state index contributed by atoms with van der Waals surface area (Å²) in [7, 11) is 1.97. The summed E-state index contributed by atoms with van der Waals surface area (Å²) < 4.78 is 14.7. The molecule has 3 aliphatic heterocycles. The molecule has 0 bridgehead atoms. The number of carbonyl (C=O) groups excluding carboxylic acids is 3. The summed E-state index contributed by atoms with van der Waals surface area (Å²) in [6.45, 7) is 14.9. The van der Waals surface area contributed by atoms with Gasteiger partial charge in [-0.1, -0.05) is 45.6 Å². The van der Waals surface area contributed by atoms with Crippen molar-refractivity contribution in [2.45, 2.75) is 90.1 Å². The molecule has 1 aromatic carbocycles. The Morgan fingerprint density at radius 2 is 1.58 bits per heavy atom. The fourth-order valence-corrected chi connectivity index (χ4v) is 8.82. The van der Waals surface area contributed by atoms with Gasteiger partial charge in [0, 0.05) is 72.9 Å². The van der Waals surface area contributed by atoms with E-state index < -0.39 is 32.3 Å². The Kier molecular flexibility index (Phi) is 13.0. The summed E-state index contributed by atoms with van der Waals surface area (Å²) in [6, 6.07) is 8.01. The van der Waals surface area contributed by atoms with Crippen LogP contribution in [0.3, 0.4) is 0 Å². The topological polar surface area (TPSA) is 168 Å². The van der Waals surface area contributed by atoms with E-state index in [0.29, 0.717) is 63.8 Å². The van der Waals surface area contributed by atoms with Crippen molar-refractivity contribution in [1.29, 1.82) is 0 Å². The summed E-state index contributed by atoms with van der Waals surface area (Å²) in [5.41, 5.74) is 3.29. The number of carboxylic acid groups (broad SMARTS) is 1. The van der Waals surface area contributed by atoms with E-state index in [2.05, 4.69) is 54.1 Å². The van der Waals surface area contributed by atoms with E-state index in [-0.39, 0.29) is 30.5 Å². The molecule has 17 heteroatoms. The zero-order valence-corrected chi connectivity index (χ0v) is 35.4. The predicted octanol–water partition coefficient (Wildman–Crippen LogP) is 5.42. The zero-order valence-electron chi connectivity index (χ0n) is 34.4. The number of hydrogen-bond acceptors (Lipinski definition) is 9. The first-order chi connectivity index (χ1) is 27.2. The lowest BCUT2D eigenvalue weighted by Gasteiger charge is -2.36. The molecular weight excluding hydrogens is 747 g/mol. The van der Waals surface area contributed by atoms with Gasteiger partial charge < -0.3 is 43.7 Å². The van der Waals surface area contributed by atoms with E-state index in [1.165, 1.54) is 12.0 Å². The Labute approximate surface area is 336 Å². The number of nitrogens with one attached hydrogen (secondary N) is 1. The molecule has 310 valence electrons. The number of alkyl carbamates (subject to hydrolysis) is 1. The van der Waals surface area contributed by atoms with Crippen molar-refractivity contribution in [1.82, 2.24) is 39.1 Å². The van der Waals surface area contributed by atoms with Gasteiger partial charge in [0.25, 0.3) is 5.91 Å². The summed E-state index contributed by atoms with van der Waals surface area (Å²) in [4.78, 5) is 68.4. The normalized spacial score (nSPS) is 19.4. The van der Waals surface area contributed by atoms with E-state index in [9.17, 15) is 24.3 Å². The van der Waals surface area contributed by atoms with Crippen molar-refractivity contribution in [3.05, 3.63) is 54.0 Å². The van der Waals surface area contributed by atoms with E-state index >= 15 is 0 Å². The number of anilines is 1. The Morgan fingerprint density at radius 3 is 2.19 bits per heavy atom. The first-order valence-corrected chi connectivity index (χ1v) is 23.8. The van der Waals surface area contributed by atoms with Gasteiger partial charge in [-0.15, -0.1) is 0 Å². The maximum atomic E-state index is 13.8. The van der Waals surface area contributed by atoms with Crippen LogP contribution >= 0.6 is 0 Å². The Balaban J connectivity index is 1.09. The van der Waals surface area contributed by atoms with E-state index in [1.807, 2.05) is 46.0 Å². The van der Waals surface area contributed by atoms with Gasteiger partial charge in [0.1, 0.15) is 30.1 Å². The van der Waals surface area contributed by atoms with Crippen LogP contribution in [-0.4, -0.2) is 130 Å². The molecule has 3 fully saturated rings. The minimum Gasteiger partial charge on any atom is -0.465 e. The number of nitrogens with zero attached hydrogens (tertiary/aromatic N) is 8. The number of aromatic nitrogens is 4. The Hall–Kier alpha value is -4.90. The van der Waals surface area contributed by atoms with Crippen LogP contribution in [0.2, 0.25) is 25.7 Å². The molecule has 4 amide bonds. The second-order valence-corrected chi connectivity index (χ2v) is 22.5. The van der Waals surface area contributed by atoms with Crippen LogP contribution in [0.25, 0.3) is 11.3 Å². The summed E-state index contributed by atoms with van der Waals surface area (Å²) >= 11 is 0. The van der Waals surface area contributed by atoms with Crippen molar-refractivity contribution in [2.75, 3.05) is 57.9 Å². The van der Waals surface area contributed by atoms with E-state index in [1.54, 1.807) is 6.20 Å². The summed E-state index contributed by atoms with van der Waals surface area (Å²) in [5.74, 6) is 0.949. The minimum absolute atomic E-state index is 0.111. The molecule has 3 aromatic rings. The number of imidazole rings is 2. The van der Waals surface area contributed by atoms with Gasteiger partial charge in [0.15, 0.2) is 0 Å². The average molecular weight is 806 g/mol. The molecule has 6 rings (SSSR count). The predicted molar refractivity (Wildman–Crippen MR) is 218 cm³/mol. The molecule has 0 spiro atoms. The van der Waals surface area contributed by atoms with Crippen molar-refractivity contribution in [3.8, 4) is 11.3 Å². The van der Waals surface area contributed by atoms with Gasteiger partial charge in [-0.2, -0.15) is 0 Å². The Morgan fingerprint density at radius 1 is 0.930 bits per heavy atom. The molecule has 3 unspecified atom stereocenters. The minimum atomic E-state index is -1.29. The standard InChI is InChI=1S/C40H59N9O7Si/c1-27(2)34(43-39(52)55-4)38(51)48-16-8-10-31(48)35-41-24-33(44(35)3)28-12-14-29(15-13-28)45-18-20-46(21-19-45)37(50)30-25-47(26-56-22-23-57(5,6)7)36(42-30)32-11-9-17-49(32)40(53)54/h12-15,24-25,27,31-32,34H,8-11,16-23,26H2,1-7H3,(H,43,52)(H,53,54). The number of piperazine rings is 1. The van der Waals surface area contributed by atoms with E-state index in [4.69, 9.17) is 19.4 Å². The number of amides is 4. The lowest BCUT2D eigenvalue weighted by atomic mass is 10.0. The van der Waals surface area contributed by atoms with Crippen LogP contribution in [0.4, 0.5) is 15.3 Å². The zero-order chi connectivity index (χ0) is 41.0. The first kappa shape index (κ1) is 41.7. The lowest BCUT2D eigenvalue weighted by Crippen LogP contribution is -2.51. The Bertz CT molecular complexity index is 1900. The van der Waals surface area contributed by atoms with Gasteiger partial charge in [-0.25, -0.2) is 19.6 Å². The number of carbonyl (C=O) groups is 4. The molecule has 16 nitrogen and oxygen atoms in total. The number of ether oxygens (including phenoxy) is 2. The SMILES string of the molecule is COC(=O)NC(C(=O)N1CCCC1c1ncc(-c2ccc(N3CCN(C(=O)c4cn(COCC[Si](C)(C)C)c(C5CCCN5C(=O)O)n4)CC3)cc2)n1C)C(C)C. The number of benzene rings is 1. The number of methoxy groups -OCH3 is 1. The summed E-state index contributed by atoms with van der Waals surface area (Å²) in [5, 5.41) is 12.5. The lowest BCUT2D eigenvalue weighted by molar-refractivity contribution is -0.135. The van der Waals surface area contributed by atoms with Crippen LogP contribution < -0.4 is 10.2 Å². The van der Waals surface area contributed by atoms with Crippen molar-refractivity contribution >= 4 is 37.8 Å². The molecule has 3 saturated heterocycles. The quantitative estimate of drug-likeness (QED) is 0.168. The van der Waals surface area contributed by atoms with Crippen molar-refractivity contribution in [3.63, 3.8) is 0 Å². The fourth-order valence-electron chi connectivity index (χ4n) is 8.06.